The molecule has 2 nitrogen and oxygen atoms in total. The summed E-state index contributed by atoms with van der Waals surface area (Å²) in [6, 6.07) is 7.18. The monoisotopic (exact) mass is 264 g/mol. The maximum Gasteiger partial charge on any atom is 0.123 e. The number of nitrogens with zero attached hydrogens (tertiary/aromatic N) is 1. The van der Waals surface area contributed by atoms with Crippen LogP contribution in [0.5, 0.6) is 0 Å². The van der Waals surface area contributed by atoms with Gasteiger partial charge in [0.2, 0.25) is 0 Å². The Morgan fingerprint density at radius 1 is 1.37 bits per heavy atom. The van der Waals surface area contributed by atoms with Crippen molar-refractivity contribution in [2.24, 2.45) is 11.7 Å². The average molecular weight is 264 g/mol. The van der Waals surface area contributed by atoms with E-state index in [4.69, 9.17) is 5.73 Å². The number of halogens is 1. The second-order valence-electron chi connectivity index (χ2n) is 5.72. The third-order valence-corrected chi connectivity index (χ3v) is 4.09. The molecular weight excluding hydrogens is 239 g/mol. The van der Waals surface area contributed by atoms with Gasteiger partial charge in [-0.25, -0.2) is 4.39 Å². The van der Waals surface area contributed by atoms with Crippen molar-refractivity contribution in [2.75, 3.05) is 13.1 Å². The topological polar surface area (TPSA) is 29.3 Å². The van der Waals surface area contributed by atoms with Crippen LogP contribution in [-0.4, -0.2) is 24.0 Å². The molecular formula is C16H25FN2. The summed E-state index contributed by atoms with van der Waals surface area (Å²) in [7, 11) is 0. The first-order chi connectivity index (χ1) is 9.19. The lowest BCUT2D eigenvalue weighted by molar-refractivity contribution is 0.148. The highest BCUT2D eigenvalue weighted by Gasteiger charge is 2.24. The number of rotatable bonds is 5. The van der Waals surface area contributed by atoms with Crippen molar-refractivity contribution in [3.8, 4) is 0 Å². The molecule has 1 aliphatic rings. The molecule has 0 aliphatic carbocycles. The molecule has 2 N–H and O–H groups in total. The number of nitrogens with two attached hydrogens (primary N) is 1. The number of likely N-dealkylation sites (tertiary alicyclic amines) is 1. The van der Waals surface area contributed by atoms with E-state index in [9.17, 15) is 4.39 Å². The molecule has 1 heterocycles. The van der Waals surface area contributed by atoms with Gasteiger partial charge < -0.3 is 5.73 Å². The van der Waals surface area contributed by atoms with Crippen LogP contribution in [0.2, 0.25) is 0 Å². The van der Waals surface area contributed by atoms with E-state index in [1.165, 1.54) is 18.4 Å². The van der Waals surface area contributed by atoms with Crippen LogP contribution in [0.4, 0.5) is 4.39 Å². The van der Waals surface area contributed by atoms with Gasteiger partial charge in [-0.05, 0) is 49.4 Å². The molecule has 2 unspecified atom stereocenters. The molecule has 0 aromatic heterocycles. The molecule has 1 saturated heterocycles. The maximum atomic E-state index is 12.9. The van der Waals surface area contributed by atoms with E-state index in [2.05, 4.69) is 11.8 Å². The first kappa shape index (κ1) is 14.5. The van der Waals surface area contributed by atoms with E-state index < -0.39 is 0 Å². The summed E-state index contributed by atoms with van der Waals surface area (Å²) < 4.78 is 12.9. The SMILES string of the molecule is CCCC(N)C1CCCN(Cc2ccc(F)cc2)C1. The molecule has 2 rings (SSSR count). The molecule has 3 heteroatoms. The number of benzene rings is 1. The molecule has 1 aromatic carbocycles. The van der Waals surface area contributed by atoms with Gasteiger partial charge in [0.15, 0.2) is 0 Å². The van der Waals surface area contributed by atoms with E-state index in [0.717, 1.165) is 32.5 Å². The van der Waals surface area contributed by atoms with Gasteiger partial charge in [-0.1, -0.05) is 25.5 Å². The van der Waals surface area contributed by atoms with Gasteiger partial charge in [-0.3, -0.25) is 4.90 Å². The Labute approximate surface area is 115 Å². The zero-order valence-corrected chi connectivity index (χ0v) is 11.8. The van der Waals surface area contributed by atoms with Crippen molar-refractivity contribution < 1.29 is 4.39 Å². The fourth-order valence-corrected chi connectivity index (χ4v) is 3.00. The fraction of sp³-hybridized carbons (Fsp3) is 0.625. The minimum absolute atomic E-state index is 0.162. The highest BCUT2D eigenvalue weighted by Crippen LogP contribution is 2.22. The molecule has 0 radical (unpaired) electrons. The largest absolute Gasteiger partial charge is 0.327 e. The summed E-state index contributed by atoms with van der Waals surface area (Å²) in [5.41, 5.74) is 7.44. The number of piperidine rings is 1. The Kier molecular flexibility index (Phi) is 5.34. The lowest BCUT2D eigenvalue weighted by atomic mass is 9.88. The van der Waals surface area contributed by atoms with Gasteiger partial charge in [0.25, 0.3) is 0 Å². The van der Waals surface area contributed by atoms with Crippen LogP contribution in [0, 0.1) is 11.7 Å². The van der Waals surface area contributed by atoms with Gasteiger partial charge in [0.05, 0.1) is 0 Å². The first-order valence-corrected chi connectivity index (χ1v) is 7.41. The summed E-state index contributed by atoms with van der Waals surface area (Å²) in [5, 5.41) is 0. The molecule has 1 fully saturated rings. The Morgan fingerprint density at radius 3 is 2.79 bits per heavy atom. The Bertz CT molecular complexity index is 377. The molecule has 19 heavy (non-hydrogen) atoms. The third kappa shape index (κ3) is 4.29. The van der Waals surface area contributed by atoms with Crippen molar-refractivity contribution in [1.82, 2.24) is 4.90 Å². The van der Waals surface area contributed by atoms with E-state index in [-0.39, 0.29) is 5.82 Å². The maximum absolute atomic E-state index is 12.9. The molecule has 0 saturated carbocycles. The molecule has 106 valence electrons. The fourth-order valence-electron chi connectivity index (χ4n) is 3.00. The Hall–Kier alpha value is -0.930. The van der Waals surface area contributed by atoms with Crippen LogP contribution in [0.3, 0.4) is 0 Å². The molecule has 1 aliphatic heterocycles. The Morgan fingerprint density at radius 2 is 2.11 bits per heavy atom. The van der Waals surface area contributed by atoms with Gasteiger partial charge in [-0.2, -0.15) is 0 Å². The molecule has 0 amide bonds. The van der Waals surface area contributed by atoms with Crippen molar-refractivity contribution >= 4 is 0 Å². The summed E-state index contributed by atoms with van der Waals surface area (Å²) in [5.74, 6) is 0.458. The van der Waals surface area contributed by atoms with Crippen molar-refractivity contribution in [3.05, 3.63) is 35.6 Å². The molecule has 0 bridgehead atoms. The van der Waals surface area contributed by atoms with E-state index in [1.54, 1.807) is 12.1 Å². The predicted octanol–water partition coefficient (Wildman–Crippen LogP) is 3.17. The summed E-state index contributed by atoms with van der Waals surface area (Å²) in [6.07, 6.45) is 4.76. The van der Waals surface area contributed by atoms with Crippen LogP contribution < -0.4 is 5.73 Å². The van der Waals surface area contributed by atoms with Crippen LogP contribution in [0.15, 0.2) is 24.3 Å². The van der Waals surface area contributed by atoms with E-state index in [1.807, 2.05) is 12.1 Å². The second kappa shape index (κ2) is 7.01. The van der Waals surface area contributed by atoms with Gasteiger partial charge in [0.1, 0.15) is 5.82 Å². The lowest BCUT2D eigenvalue weighted by Crippen LogP contribution is -2.43. The third-order valence-electron chi connectivity index (χ3n) is 4.09. The molecule has 2 atom stereocenters. The number of hydrogen-bond donors (Lipinski definition) is 1. The second-order valence-corrected chi connectivity index (χ2v) is 5.72. The zero-order valence-electron chi connectivity index (χ0n) is 11.8. The highest BCUT2D eigenvalue weighted by molar-refractivity contribution is 5.16. The molecule has 0 spiro atoms. The predicted molar refractivity (Wildman–Crippen MR) is 77.3 cm³/mol. The van der Waals surface area contributed by atoms with Crippen molar-refractivity contribution in [3.63, 3.8) is 0 Å². The Balaban J connectivity index is 1.88. The van der Waals surface area contributed by atoms with Gasteiger partial charge in [-0.15, -0.1) is 0 Å². The van der Waals surface area contributed by atoms with E-state index in [0.29, 0.717) is 12.0 Å². The minimum Gasteiger partial charge on any atom is -0.327 e. The highest BCUT2D eigenvalue weighted by atomic mass is 19.1. The van der Waals surface area contributed by atoms with Gasteiger partial charge in [0, 0.05) is 19.1 Å². The van der Waals surface area contributed by atoms with Gasteiger partial charge >= 0.3 is 0 Å². The molecule has 1 aromatic rings. The summed E-state index contributed by atoms with van der Waals surface area (Å²) in [6.45, 7) is 5.32. The first-order valence-electron chi connectivity index (χ1n) is 7.41. The standard InChI is InChI=1S/C16H25FN2/c1-2-4-16(18)14-5-3-10-19(12-14)11-13-6-8-15(17)9-7-13/h6-9,14,16H,2-5,10-12,18H2,1H3. The smallest absolute Gasteiger partial charge is 0.123 e. The van der Waals surface area contributed by atoms with Crippen LogP contribution in [0.1, 0.15) is 38.2 Å². The minimum atomic E-state index is -0.162. The summed E-state index contributed by atoms with van der Waals surface area (Å²) in [4.78, 5) is 2.46. The van der Waals surface area contributed by atoms with Crippen LogP contribution in [-0.2, 0) is 6.54 Å². The zero-order chi connectivity index (χ0) is 13.7. The van der Waals surface area contributed by atoms with Crippen molar-refractivity contribution in [1.29, 1.82) is 0 Å². The quantitative estimate of drug-likeness (QED) is 0.885. The summed E-state index contributed by atoms with van der Waals surface area (Å²) >= 11 is 0. The van der Waals surface area contributed by atoms with Crippen LogP contribution in [0.25, 0.3) is 0 Å². The van der Waals surface area contributed by atoms with Crippen LogP contribution >= 0.6 is 0 Å². The normalized spacial score (nSPS) is 22.4. The van der Waals surface area contributed by atoms with Crippen molar-refractivity contribution in [2.45, 2.75) is 45.2 Å². The average Bonchev–Trinajstić information content (AvgIpc) is 2.42. The number of hydrogen-bond acceptors (Lipinski definition) is 2. The van der Waals surface area contributed by atoms with E-state index >= 15 is 0 Å². The lowest BCUT2D eigenvalue weighted by Gasteiger charge is -2.35.